The molecule has 0 bridgehead atoms. The Hall–Kier alpha value is -1.26. The van der Waals surface area contributed by atoms with Gasteiger partial charge in [0.2, 0.25) is 0 Å². The molecule has 17 heavy (non-hydrogen) atoms. The highest BCUT2D eigenvalue weighted by atomic mass is 35.5. The molecule has 0 aliphatic heterocycles. The molecule has 2 N–H and O–H groups in total. The lowest BCUT2D eigenvalue weighted by atomic mass is 10.2. The van der Waals surface area contributed by atoms with Crippen molar-refractivity contribution >= 4 is 17.5 Å². The van der Waals surface area contributed by atoms with Gasteiger partial charge in [0, 0.05) is 18.2 Å². The first-order chi connectivity index (χ1) is 8.04. The average molecular weight is 258 g/mol. The van der Waals surface area contributed by atoms with Crippen LogP contribution in [0.4, 0.5) is 0 Å². The van der Waals surface area contributed by atoms with Crippen LogP contribution in [-0.4, -0.2) is 30.3 Å². The monoisotopic (exact) mass is 257 g/mol. The number of halogens is 1. The lowest BCUT2D eigenvalue weighted by Crippen LogP contribution is -2.35. The number of nitrogens with one attached hydrogen (secondary N) is 1. The number of aromatic hydroxyl groups is 1. The van der Waals surface area contributed by atoms with Crippen molar-refractivity contribution in [1.82, 2.24) is 5.32 Å². The molecule has 1 aromatic carbocycles. The molecule has 0 aromatic heterocycles. The Balaban J connectivity index is 2.60. The molecule has 0 spiro atoms. The van der Waals surface area contributed by atoms with Crippen LogP contribution in [0.15, 0.2) is 18.2 Å². The number of hydrogen-bond donors (Lipinski definition) is 2. The van der Waals surface area contributed by atoms with Gasteiger partial charge in [0.25, 0.3) is 5.91 Å². The maximum atomic E-state index is 11.8. The molecule has 0 fully saturated rings. The summed E-state index contributed by atoms with van der Waals surface area (Å²) in [5, 5.41) is 12.2. The van der Waals surface area contributed by atoms with Crippen LogP contribution in [0.25, 0.3) is 0 Å². The van der Waals surface area contributed by atoms with Gasteiger partial charge in [-0.15, -0.1) is 0 Å². The molecule has 1 rings (SSSR count). The SMILES string of the molecule is CCOCC(C)NC(=O)c1ccc(O)c(Cl)c1. The molecule has 4 nitrogen and oxygen atoms in total. The Morgan fingerprint density at radius 3 is 2.88 bits per heavy atom. The number of hydrogen-bond acceptors (Lipinski definition) is 3. The van der Waals surface area contributed by atoms with Crippen LogP contribution in [0.3, 0.4) is 0 Å². The van der Waals surface area contributed by atoms with E-state index in [0.717, 1.165) is 0 Å². The average Bonchev–Trinajstić information content (AvgIpc) is 2.30. The molecule has 0 saturated carbocycles. The molecule has 0 radical (unpaired) electrons. The van der Waals surface area contributed by atoms with Gasteiger partial charge < -0.3 is 15.2 Å². The predicted octanol–water partition coefficient (Wildman–Crippen LogP) is 2.20. The van der Waals surface area contributed by atoms with Crippen molar-refractivity contribution < 1.29 is 14.6 Å². The second-order valence-electron chi connectivity index (χ2n) is 3.70. The zero-order valence-corrected chi connectivity index (χ0v) is 10.6. The van der Waals surface area contributed by atoms with Crippen LogP contribution in [0.2, 0.25) is 5.02 Å². The Kier molecular flexibility index (Phi) is 5.25. The minimum atomic E-state index is -0.237. The number of ether oxygens (including phenoxy) is 1. The molecule has 0 heterocycles. The normalized spacial score (nSPS) is 12.2. The number of rotatable bonds is 5. The maximum absolute atomic E-state index is 11.8. The fourth-order valence-electron chi connectivity index (χ4n) is 1.29. The summed E-state index contributed by atoms with van der Waals surface area (Å²) in [6.07, 6.45) is 0. The Morgan fingerprint density at radius 2 is 2.29 bits per heavy atom. The van der Waals surface area contributed by atoms with Crippen LogP contribution < -0.4 is 5.32 Å². The van der Waals surface area contributed by atoms with Crippen LogP contribution in [0, 0.1) is 0 Å². The van der Waals surface area contributed by atoms with E-state index in [1.54, 1.807) is 0 Å². The van der Waals surface area contributed by atoms with E-state index >= 15 is 0 Å². The van der Waals surface area contributed by atoms with Gasteiger partial charge in [-0.2, -0.15) is 0 Å². The van der Waals surface area contributed by atoms with E-state index in [-0.39, 0.29) is 22.7 Å². The number of benzene rings is 1. The van der Waals surface area contributed by atoms with Gasteiger partial charge in [0.1, 0.15) is 5.75 Å². The first-order valence-electron chi connectivity index (χ1n) is 5.41. The molecular formula is C12H16ClNO3. The number of phenols is 1. The second-order valence-corrected chi connectivity index (χ2v) is 4.11. The highest BCUT2D eigenvalue weighted by Crippen LogP contribution is 2.23. The van der Waals surface area contributed by atoms with E-state index in [2.05, 4.69) is 5.32 Å². The standard InChI is InChI=1S/C12H16ClNO3/c1-3-17-7-8(2)14-12(16)9-4-5-11(15)10(13)6-9/h4-6,8,15H,3,7H2,1-2H3,(H,14,16). The van der Waals surface area contributed by atoms with Gasteiger partial charge in [-0.25, -0.2) is 0 Å². The predicted molar refractivity (Wildman–Crippen MR) is 66.5 cm³/mol. The number of amides is 1. The number of carbonyl (C=O) groups excluding carboxylic acids is 1. The zero-order valence-electron chi connectivity index (χ0n) is 9.87. The van der Waals surface area contributed by atoms with Crippen LogP contribution in [0.1, 0.15) is 24.2 Å². The van der Waals surface area contributed by atoms with Crippen molar-refractivity contribution in [3.05, 3.63) is 28.8 Å². The quantitative estimate of drug-likeness (QED) is 0.850. The summed E-state index contributed by atoms with van der Waals surface area (Å²) in [5.41, 5.74) is 0.413. The molecular weight excluding hydrogens is 242 g/mol. The molecule has 0 saturated heterocycles. The summed E-state index contributed by atoms with van der Waals surface area (Å²) in [4.78, 5) is 11.8. The maximum Gasteiger partial charge on any atom is 0.251 e. The van der Waals surface area contributed by atoms with Gasteiger partial charge >= 0.3 is 0 Å². The van der Waals surface area contributed by atoms with Crippen LogP contribution >= 0.6 is 11.6 Å². The second kappa shape index (κ2) is 6.47. The van der Waals surface area contributed by atoms with Gasteiger partial charge in [0.05, 0.1) is 11.6 Å². The molecule has 1 atom stereocenters. The third-order valence-corrected chi connectivity index (χ3v) is 2.46. The molecule has 5 heteroatoms. The van der Waals surface area contributed by atoms with Gasteiger partial charge in [-0.1, -0.05) is 11.6 Å². The van der Waals surface area contributed by atoms with E-state index in [4.69, 9.17) is 16.3 Å². The van der Waals surface area contributed by atoms with Crippen LogP contribution in [0.5, 0.6) is 5.75 Å². The molecule has 1 unspecified atom stereocenters. The molecule has 0 aliphatic rings. The summed E-state index contributed by atoms with van der Waals surface area (Å²) < 4.78 is 5.19. The summed E-state index contributed by atoms with van der Waals surface area (Å²) >= 11 is 5.72. The van der Waals surface area contributed by atoms with Crippen molar-refractivity contribution in [2.75, 3.05) is 13.2 Å². The minimum Gasteiger partial charge on any atom is -0.506 e. The van der Waals surface area contributed by atoms with Crippen LogP contribution in [-0.2, 0) is 4.74 Å². The summed E-state index contributed by atoms with van der Waals surface area (Å²) in [7, 11) is 0. The lowest BCUT2D eigenvalue weighted by Gasteiger charge is -2.13. The topological polar surface area (TPSA) is 58.6 Å². The molecule has 1 amide bonds. The van der Waals surface area contributed by atoms with Crippen molar-refractivity contribution in [3.8, 4) is 5.75 Å². The van der Waals surface area contributed by atoms with Crippen molar-refractivity contribution in [2.24, 2.45) is 0 Å². The minimum absolute atomic E-state index is 0.0365. The van der Waals surface area contributed by atoms with Crippen molar-refractivity contribution in [3.63, 3.8) is 0 Å². The number of carbonyl (C=O) groups is 1. The third kappa shape index (κ3) is 4.24. The summed E-state index contributed by atoms with van der Waals surface area (Å²) in [5.74, 6) is -0.273. The van der Waals surface area contributed by atoms with E-state index in [1.165, 1.54) is 18.2 Å². The van der Waals surface area contributed by atoms with Gasteiger partial charge in [-0.05, 0) is 32.0 Å². The first kappa shape index (κ1) is 13.8. The van der Waals surface area contributed by atoms with E-state index in [1.807, 2.05) is 13.8 Å². The molecule has 0 aliphatic carbocycles. The zero-order chi connectivity index (χ0) is 12.8. The third-order valence-electron chi connectivity index (χ3n) is 2.16. The molecule has 94 valence electrons. The Morgan fingerprint density at radius 1 is 1.59 bits per heavy atom. The highest BCUT2D eigenvalue weighted by Gasteiger charge is 2.11. The van der Waals surface area contributed by atoms with Crippen molar-refractivity contribution in [2.45, 2.75) is 19.9 Å². The molecule has 1 aromatic rings. The van der Waals surface area contributed by atoms with E-state index in [9.17, 15) is 9.90 Å². The summed E-state index contributed by atoms with van der Waals surface area (Å²) in [6, 6.07) is 4.27. The van der Waals surface area contributed by atoms with Gasteiger partial charge in [0.15, 0.2) is 0 Å². The highest BCUT2D eigenvalue weighted by molar-refractivity contribution is 6.32. The summed E-state index contributed by atoms with van der Waals surface area (Å²) in [6.45, 7) is 4.84. The van der Waals surface area contributed by atoms with E-state index in [0.29, 0.717) is 18.8 Å². The first-order valence-corrected chi connectivity index (χ1v) is 5.79. The lowest BCUT2D eigenvalue weighted by molar-refractivity contribution is 0.0872. The smallest absolute Gasteiger partial charge is 0.251 e. The largest absolute Gasteiger partial charge is 0.506 e. The fraction of sp³-hybridized carbons (Fsp3) is 0.417. The number of phenolic OH excluding ortho intramolecular Hbond substituents is 1. The Bertz CT molecular complexity index is 395. The van der Waals surface area contributed by atoms with Gasteiger partial charge in [-0.3, -0.25) is 4.79 Å². The van der Waals surface area contributed by atoms with Crippen molar-refractivity contribution in [1.29, 1.82) is 0 Å². The Labute approximate surface area is 106 Å². The fourth-order valence-corrected chi connectivity index (χ4v) is 1.47. The van der Waals surface area contributed by atoms with E-state index < -0.39 is 0 Å².